The number of pyridine rings is 1. The van der Waals surface area contributed by atoms with E-state index in [2.05, 4.69) is 32.5 Å². The third-order valence-corrected chi connectivity index (χ3v) is 8.01. The second-order valence-corrected chi connectivity index (χ2v) is 10.6. The number of nitrogens with one attached hydrogen (secondary N) is 3. The maximum atomic E-state index is 13.5. The molecule has 2 fully saturated rings. The number of para-hydroxylation sites is 1. The SMILES string of the molecule is COc1c(Cl)cccc1Nc1c(-c2ccncc2OC[C@@H]2CN(C)CCO2)[nH]c2c1C(=O)N[C@@H]1CCC[C@H]21. The van der Waals surface area contributed by atoms with Gasteiger partial charge in [0, 0.05) is 42.5 Å². The van der Waals surface area contributed by atoms with Crippen LogP contribution in [0.1, 0.15) is 41.2 Å². The summed E-state index contributed by atoms with van der Waals surface area (Å²) >= 11 is 6.43. The van der Waals surface area contributed by atoms with Crippen LogP contribution in [0.3, 0.4) is 0 Å². The summed E-state index contributed by atoms with van der Waals surface area (Å²) in [5.41, 5.74) is 4.47. The van der Waals surface area contributed by atoms with Crippen molar-refractivity contribution in [1.29, 1.82) is 0 Å². The smallest absolute Gasteiger partial charge is 0.255 e. The van der Waals surface area contributed by atoms with E-state index in [4.69, 9.17) is 25.8 Å². The average molecular weight is 538 g/mol. The molecule has 38 heavy (non-hydrogen) atoms. The first kappa shape index (κ1) is 25.0. The normalized spacial score (nSPS) is 22.9. The Bertz CT molecular complexity index is 1340. The number of hydrogen-bond acceptors (Lipinski definition) is 7. The number of amides is 1. The van der Waals surface area contributed by atoms with Crippen molar-refractivity contribution < 1.29 is 19.0 Å². The second-order valence-electron chi connectivity index (χ2n) is 10.2. The summed E-state index contributed by atoms with van der Waals surface area (Å²) in [5, 5.41) is 7.19. The van der Waals surface area contributed by atoms with Gasteiger partial charge in [-0.15, -0.1) is 0 Å². The van der Waals surface area contributed by atoms with E-state index in [9.17, 15) is 4.79 Å². The minimum Gasteiger partial charge on any atom is -0.493 e. The van der Waals surface area contributed by atoms with Crippen LogP contribution in [0.4, 0.5) is 11.4 Å². The number of morpholine rings is 1. The van der Waals surface area contributed by atoms with Gasteiger partial charge in [-0.3, -0.25) is 9.78 Å². The number of methoxy groups -OCH3 is 1. The van der Waals surface area contributed by atoms with Gasteiger partial charge in [0.05, 0.1) is 47.6 Å². The molecular formula is C28H32ClN5O4. The number of carbonyl (C=O) groups is 1. The van der Waals surface area contributed by atoms with Gasteiger partial charge >= 0.3 is 0 Å². The highest BCUT2D eigenvalue weighted by Crippen LogP contribution is 2.48. The standard InChI is InChI=1S/C28H32ClN5O4/c1-34-11-12-37-16(14-34)15-38-22-13-30-10-9-18(22)25-26(31-21-8-4-6-19(29)27(21)36-2)23-24(33-25)17-5-3-7-20(17)32-28(23)35/h4,6,8-10,13,16-17,20,31,33H,3,5,7,11-12,14-15H2,1-2H3,(H,32,35)/t16-,17-,20+/m0/s1. The van der Waals surface area contributed by atoms with Crippen molar-refractivity contribution in [3.8, 4) is 22.8 Å². The van der Waals surface area contributed by atoms with Crippen LogP contribution in [0.2, 0.25) is 5.02 Å². The Hall–Kier alpha value is -3.27. The molecule has 1 aliphatic carbocycles. The van der Waals surface area contributed by atoms with Crippen LogP contribution in [0.5, 0.6) is 11.5 Å². The zero-order chi connectivity index (χ0) is 26.2. The molecule has 1 aromatic carbocycles. The lowest BCUT2D eigenvalue weighted by atomic mass is 9.91. The predicted octanol–water partition coefficient (Wildman–Crippen LogP) is 4.57. The molecule has 200 valence electrons. The lowest BCUT2D eigenvalue weighted by Crippen LogP contribution is -2.42. The van der Waals surface area contributed by atoms with E-state index in [-0.39, 0.29) is 24.0 Å². The molecule has 0 spiro atoms. The van der Waals surface area contributed by atoms with E-state index < -0.39 is 0 Å². The fraction of sp³-hybridized carbons (Fsp3) is 0.429. The molecule has 3 atom stereocenters. The highest BCUT2D eigenvalue weighted by atomic mass is 35.5. The molecule has 1 saturated carbocycles. The summed E-state index contributed by atoms with van der Waals surface area (Å²) in [6, 6.07) is 7.55. The quantitative estimate of drug-likeness (QED) is 0.406. The molecule has 1 amide bonds. The molecule has 2 aliphatic heterocycles. The van der Waals surface area contributed by atoms with Crippen molar-refractivity contribution in [2.24, 2.45) is 0 Å². The molecule has 0 unspecified atom stereocenters. The van der Waals surface area contributed by atoms with Crippen LogP contribution in [0.15, 0.2) is 36.7 Å². The van der Waals surface area contributed by atoms with Crippen molar-refractivity contribution in [2.75, 3.05) is 45.8 Å². The number of nitrogens with zero attached hydrogens (tertiary/aromatic N) is 2. The van der Waals surface area contributed by atoms with E-state index in [0.717, 1.165) is 49.3 Å². The molecule has 0 bridgehead atoms. The van der Waals surface area contributed by atoms with Gasteiger partial charge in [-0.2, -0.15) is 0 Å². The number of aromatic nitrogens is 2. The highest BCUT2D eigenvalue weighted by molar-refractivity contribution is 6.32. The van der Waals surface area contributed by atoms with Gasteiger partial charge in [0.1, 0.15) is 18.5 Å². The number of anilines is 2. The molecule has 6 rings (SSSR count). The maximum absolute atomic E-state index is 13.5. The molecule has 0 radical (unpaired) electrons. The van der Waals surface area contributed by atoms with Crippen molar-refractivity contribution >= 4 is 28.9 Å². The topological polar surface area (TPSA) is 101 Å². The first-order valence-corrected chi connectivity index (χ1v) is 13.4. The summed E-state index contributed by atoms with van der Waals surface area (Å²) in [4.78, 5) is 23.7. The van der Waals surface area contributed by atoms with Gasteiger partial charge in [0.25, 0.3) is 5.91 Å². The summed E-state index contributed by atoms with van der Waals surface area (Å²) in [5.74, 6) is 1.27. The summed E-state index contributed by atoms with van der Waals surface area (Å²) in [6.45, 7) is 2.80. The van der Waals surface area contributed by atoms with Gasteiger partial charge in [-0.05, 0) is 38.1 Å². The molecule has 3 aromatic rings. The number of H-pyrrole nitrogens is 1. The fourth-order valence-electron chi connectivity index (χ4n) is 5.88. The van der Waals surface area contributed by atoms with Crippen LogP contribution >= 0.6 is 11.6 Å². The summed E-state index contributed by atoms with van der Waals surface area (Å²) in [7, 11) is 3.66. The predicted molar refractivity (Wildman–Crippen MR) is 146 cm³/mol. The highest BCUT2D eigenvalue weighted by Gasteiger charge is 2.41. The van der Waals surface area contributed by atoms with Gasteiger partial charge in [-0.25, -0.2) is 0 Å². The molecule has 3 aliphatic rings. The number of likely N-dealkylation sites (N-methyl/N-ethyl adjacent to an activating group) is 1. The Labute approximate surface area is 226 Å². The number of rotatable bonds is 7. The zero-order valence-corrected chi connectivity index (χ0v) is 22.3. The molecule has 2 aromatic heterocycles. The Morgan fingerprint density at radius 2 is 2.18 bits per heavy atom. The van der Waals surface area contributed by atoms with Crippen molar-refractivity contribution in [2.45, 2.75) is 37.3 Å². The van der Waals surface area contributed by atoms with E-state index >= 15 is 0 Å². The van der Waals surface area contributed by atoms with Crippen molar-refractivity contribution in [1.82, 2.24) is 20.2 Å². The van der Waals surface area contributed by atoms with Gasteiger partial charge in [-0.1, -0.05) is 24.1 Å². The van der Waals surface area contributed by atoms with E-state index in [1.807, 2.05) is 18.2 Å². The minimum atomic E-state index is -0.0932. The molecular weight excluding hydrogens is 506 g/mol. The van der Waals surface area contributed by atoms with Gasteiger partial charge < -0.3 is 34.7 Å². The number of fused-ring (bicyclic) bond motifs is 3. The monoisotopic (exact) mass is 537 g/mol. The average Bonchev–Trinajstić information content (AvgIpc) is 3.53. The van der Waals surface area contributed by atoms with E-state index in [1.54, 1.807) is 25.6 Å². The second kappa shape index (κ2) is 10.5. The number of ether oxygens (including phenoxy) is 3. The van der Waals surface area contributed by atoms with Crippen LogP contribution in [0.25, 0.3) is 11.3 Å². The van der Waals surface area contributed by atoms with Gasteiger partial charge in [0.15, 0.2) is 5.75 Å². The molecule has 3 N–H and O–H groups in total. The third-order valence-electron chi connectivity index (χ3n) is 7.71. The first-order valence-electron chi connectivity index (χ1n) is 13.1. The first-order chi connectivity index (χ1) is 18.5. The molecule has 1 saturated heterocycles. The lowest BCUT2D eigenvalue weighted by Gasteiger charge is -2.30. The third kappa shape index (κ3) is 4.59. The largest absolute Gasteiger partial charge is 0.493 e. The number of benzene rings is 1. The Morgan fingerprint density at radius 1 is 1.29 bits per heavy atom. The van der Waals surface area contributed by atoms with E-state index in [1.165, 1.54) is 0 Å². The van der Waals surface area contributed by atoms with Gasteiger partial charge in [0.2, 0.25) is 0 Å². The molecule has 10 heteroatoms. The minimum absolute atomic E-state index is 0.0306. The van der Waals surface area contributed by atoms with Crippen LogP contribution < -0.4 is 20.1 Å². The maximum Gasteiger partial charge on any atom is 0.255 e. The molecule has 9 nitrogen and oxygen atoms in total. The summed E-state index contributed by atoms with van der Waals surface area (Å²) < 4.78 is 17.8. The Kier molecular flexibility index (Phi) is 6.90. The number of aromatic amines is 1. The lowest BCUT2D eigenvalue weighted by molar-refractivity contribution is -0.0403. The Morgan fingerprint density at radius 3 is 3.03 bits per heavy atom. The zero-order valence-electron chi connectivity index (χ0n) is 21.6. The number of halogens is 1. The van der Waals surface area contributed by atoms with Crippen molar-refractivity contribution in [3.05, 3.63) is 52.9 Å². The van der Waals surface area contributed by atoms with Crippen LogP contribution in [-0.2, 0) is 4.74 Å². The van der Waals surface area contributed by atoms with E-state index in [0.29, 0.717) is 46.7 Å². The number of hydrogen-bond donors (Lipinski definition) is 3. The van der Waals surface area contributed by atoms with Crippen LogP contribution in [-0.4, -0.2) is 73.4 Å². The fourth-order valence-corrected chi connectivity index (χ4v) is 6.13. The number of carbonyl (C=O) groups excluding carboxylic acids is 1. The summed E-state index contributed by atoms with van der Waals surface area (Å²) in [6.07, 6.45) is 6.49. The molecule has 4 heterocycles. The van der Waals surface area contributed by atoms with Crippen LogP contribution in [0, 0.1) is 0 Å². The Balaban J connectivity index is 1.43. The van der Waals surface area contributed by atoms with Crippen molar-refractivity contribution in [3.63, 3.8) is 0 Å².